The Morgan fingerprint density at radius 1 is 1.03 bits per heavy atom. The molecule has 1 aromatic heterocycles. The van der Waals surface area contributed by atoms with E-state index in [1.165, 1.54) is 11.3 Å². The van der Waals surface area contributed by atoms with Gasteiger partial charge in [0.05, 0.1) is 21.7 Å². The highest BCUT2D eigenvalue weighted by molar-refractivity contribution is 7.98. The van der Waals surface area contributed by atoms with Gasteiger partial charge in [-0.3, -0.25) is 9.69 Å². The Bertz CT molecular complexity index is 1530. The predicted molar refractivity (Wildman–Crippen MR) is 157 cm³/mol. The van der Waals surface area contributed by atoms with Crippen LogP contribution in [-0.4, -0.2) is 43.0 Å². The minimum absolute atomic E-state index is 0.217. The summed E-state index contributed by atoms with van der Waals surface area (Å²) in [5.41, 5.74) is 2.25. The molecule has 0 spiro atoms. The number of anilines is 1. The molecule has 1 saturated heterocycles. The third kappa shape index (κ3) is 5.66. The van der Waals surface area contributed by atoms with Gasteiger partial charge in [-0.25, -0.2) is 13.4 Å². The van der Waals surface area contributed by atoms with E-state index >= 15 is 0 Å². The second kappa shape index (κ2) is 11.2. The Morgan fingerprint density at radius 2 is 1.71 bits per heavy atom. The zero-order valence-corrected chi connectivity index (χ0v) is 24.2. The molecule has 6 nitrogen and oxygen atoms in total. The largest absolute Gasteiger partial charge is 0.279 e. The van der Waals surface area contributed by atoms with Crippen LogP contribution in [0.2, 0.25) is 0 Å². The number of benzene rings is 3. The third-order valence-electron chi connectivity index (χ3n) is 6.82. The van der Waals surface area contributed by atoms with Crippen molar-refractivity contribution in [3.63, 3.8) is 0 Å². The molecule has 0 saturated carbocycles. The number of hydrogen-bond acceptors (Lipinski definition) is 6. The van der Waals surface area contributed by atoms with Crippen molar-refractivity contribution < 1.29 is 13.2 Å². The lowest BCUT2D eigenvalue weighted by molar-refractivity contribution is 0.0985. The van der Waals surface area contributed by atoms with Crippen molar-refractivity contribution in [2.75, 3.05) is 24.2 Å². The monoisotopic (exact) mass is 565 g/mol. The predicted octanol–water partition coefficient (Wildman–Crippen LogP) is 6.53. The van der Waals surface area contributed by atoms with Crippen LogP contribution >= 0.6 is 23.1 Å². The molecule has 0 radical (unpaired) electrons. The number of piperidine rings is 1. The molecule has 2 heterocycles. The third-order valence-corrected chi connectivity index (χ3v) is 10.4. The molecule has 9 heteroatoms. The quantitative estimate of drug-likeness (QED) is 0.238. The number of nitrogens with zero attached hydrogens (tertiary/aromatic N) is 3. The Labute approximate surface area is 232 Å². The smallest absolute Gasteiger partial charge is 0.260 e. The standard InChI is InChI=1S/C29H31N3O3S3/c1-20-15-21(2)18-31(17-20)38(34,35)25-12-9-23(10-13-25)28(33)32(19-22-7-5-4-6-8-22)29-30-26-14-11-24(36-3)16-27(26)37-29/h4-14,16,20-21H,15,17-19H2,1-3H3. The van der Waals surface area contributed by atoms with Crippen molar-refractivity contribution in [3.05, 3.63) is 83.9 Å². The van der Waals surface area contributed by atoms with Crippen LogP contribution < -0.4 is 4.90 Å². The van der Waals surface area contributed by atoms with Crippen LogP contribution in [0.25, 0.3) is 10.2 Å². The number of carbonyl (C=O) groups excluding carboxylic acids is 1. The topological polar surface area (TPSA) is 70.6 Å². The van der Waals surface area contributed by atoms with Gasteiger partial charge in [-0.05, 0) is 72.5 Å². The van der Waals surface area contributed by atoms with Crippen molar-refractivity contribution in [1.29, 1.82) is 0 Å². The zero-order valence-electron chi connectivity index (χ0n) is 21.7. The molecule has 1 aliphatic rings. The first kappa shape index (κ1) is 26.9. The average Bonchev–Trinajstić information content (AvgIpc) is 3.34. The summed E-state index contributed by atoms with van der Waals surface area (Å²) in [5.74, 6) is 0.422. The molecule has 1 amide bonds. The van der Waals surface area contributed by atoms with E-state index in [0.29, 0.717) is 42.2 Å². The molecular formula is C29H31N3O3S3. The molecule has 3 aromatic carbocycles. The summed E-state index contributed by atoms with van der Waals surface area (Å²) in [6.07, 6.45) is 3.06. The lowest BCUT2D eigenvalue weighted by atomic mass is 9.94. The average molecular weight is 566 g/mol. The van der Waals surface area contributed by atoms with E-state index in [-0.39, 0.29) is 10.8 Å². The number of amides is 1. The number of hydrogen-bond donors (Lipinski definition) is 0. The summed E-state index contributed by atoms with van der Waals surface area (Å²) >= 11 is 3.15. The molecule has 198 valence electrons. The van der Waals surface area contributed by atoms with Crippen molar-refractivity contribution in [3.8, 4) is 0 Å². The number of carbonyl (C=O) groups is 1. The number of fused-ring (bicyclic) bond motifs is 1. The SMILES string of the molecule is CSc1ccc2nc(N(Cc3ccccc3)C(=O)c3ccc(S(=O)(=O)N4CC(C)CC(C)C4)cc3)sc2c1. The highest BCUT2D eigenvalue weighted by Gasteiger charge is 2.32. The van der Waals surface area contributed by atoms with Crippen LogP contribution in [0, 0.1) is 11.8 Å². The van der Waals surface area contributed by atoms with Crippen LogP contribution in [0.5, 0.6) is 0 Å². The molecule has 2 atom stereocenters. The molecule has 0 aliphatic carbocycles. The summed E-state index contributed by atoms with van der Waals surface area (Å²) < 4.78 is 29.3. The zero-order chi connectivity index (χ0) is 26.9. The first-order valence-electron chi connectivity index (χ1n) is 12.6. The maximum Gasteiger partial charge on any atom is 0.260 e. The Hall–Kier alpha value is -2.72. The maximum absolute atomic E-state index is 13.8. The second-order valence-corrected chi connectivity index (χ2v) is 13.8. The fourth-order valence-corrected chi connectivity index (χ4v) is 8.20. The molecule has 0 N–H and O–H groups in total. The lowest BCUT2D eigenvalue weighted by Gasteiger charge is -2.34. The van der Waals surface area contributed by atoms with Gasteiger partial charge in [-0.1, -0.05) is 55.5 Å². The number of sulfonamides is 1. The Morgan fingerprint density at radius 3 is 2.37 bits per heavy atom. The first-order chi connectivity index (χ1) is 18.2. The molecule has 38 heavy (non-hydrogen) atoms. The van der Waals surface area contributed by atoms with E-state index < -0.39 is 10.0 Å². The molecule has 5 rings (SSSR count). The van der Waals surface area contributed by atoms with E-state index in [1.54, 1.807) is 45.2 Å². The molecule has 1 fully saturated rings. The number of thioether (sulfide) groups is 1. The van der Waals surface area contributed by atoms with Crippen LogP contribution in [0.4, 0.5) is 5.13 Å². The van der Waals surface area contributed by atoms with Gasteiger partial charge in [0.25, 0.3) is 5.91 Å². The lowest BCUT2D eigenvalue weighted by Crippen LogP contribution is -2.42. The van der Waals surface area contributed by atoms with Crippen LogP contribution in [0.15, 0.2) is 82.6 Å². The van der Waals surface area contributed by atoms with E-state index in [0.717, 1.165) is 27.1 Å². The normalized spacial score (nSPS) is 18.5. The highest BCUT2D eigenvalue weighted by Crippen LogP contribution is 2.33. The number of thiazole rings is 1. The summed E-state index contributed by atoms with van der Waals surface area (Å²) in [6.45, 7) is 5.58. The molecule has 1 aliphatic heterocycles. The van der Waals surface area contributed by atoms with E-state index in [1.807, 2.05) is 48.7 Å². The van der Waals surface area contributed by atoms with Crippen molar-refractivity contribution >= 4 is 54.4 Å². The molecule has 4 aromatic rings. The van der Waals surface area contributed by atoms with Gasteiger partial charge in [0.15, 0.2) is 5.13 Å². The van der Waals surface area contributed by atoms with E-state index in [9.17, 15) is 13.2 Å². The van der Waals surface area contributed by atoms with Crippen LogP contribution in [-0.2, 0) is 16.6 Å². The molecule has 2 unspecified atom stereocenters. The van der Waals surface area contributed by atoms with Crippen molar-refractivity contribution in [1.82, 2.24) is 9.29 Å². The molecular weight excluding hydrogens is 535 g/mol. The Kier molecular flexibility index (Phi) is 7.90. The summed E-state index contributed by atoms with van der Waals surface area (Å²) in [5, 5.41) is 0.611. The van der Waals surface area contributed by atoms with Crippen LogP contribution in [0.1, 0.15) is 36.2 Å². The van der Waals surface area contributed by atoms with Gasteiger partial charge in [-0.2, -0.15) is 4.31 Å². The second-order valence-electron chi connectivity index (χ2n) is 10.00. The van der Waals surface area contributed by atoms with Gasteiger partial charge in [0.1, 0.15) is 0 Å². The van der Waals surface area contributed by atoms with E-state index in [4.69, 9.17) is 4.98 Å². The Balaban J connectivity index is 1.45. The van der Waals surface area contributed by atoms with Gasteiger partial charge in [0, 0.05) is 23.5 Å². The van der Waals surface area contributed by atoms with E-state index in [2.05, 4.69) is 19.9 Å². The fraction of sp³-hybridized carbons (Fsp3) is 0.310. The number of aromatic nitrogens is 1. The van der Waals surface area contributed by atoms with Gasteiger partial charge < -0.3 is 0 Å². The summed E-state index contributed by atoms with van der Waals surface area (Å²) in [6, 6.07) is 22.2. The van der Waals surface area contributed by atoms with Crippen molar-refractivity contribution in [2.24, 2.45) is 11.8 Å². The minimum atomic E-state index is -3.62. The first-order valence-corrected chi connectivity index (χ1v) is 16.1. The summed E-state index contributed by atoms with van der Waals surface area (Å²) in [7, 11) is -3.62. The van der Waals surface area contributed by atoms with Crippen LogP contribution in [0.3, 0.4) is 0 Å². The van der Waals surface area contributed by atoms with Crippen molar-refractivity contribution in [2.45, 2.75) is 36.6 Å². The number of rotatable bonds is 7. The fourth-order valence-electron chi connectivity index (χ4n) is 5.00. The molecule has 0 bridgehead atoms. The van der Waals surface area contributed by atoms with Gasteiger partial charge in [0.2, 0.25) is 10.0 Å². The van der Waals surface area contributed by atoms with Gasteiger partial charge in [-0.15, -0.1) is 11.8 Å². The highest BCUT2D eigenvalue weighted by atomic mass is 32.2. The maximum atomic E-state index is 13.8. The summed E-state index contributed by atoms with van der Waals surface area (Å²) in [4.78, 5) is 21.6. The minimum Gasteiger partial charge on any atom is -0.279 e. The van der Waals surface area contributed by atoms with Gasteiger partial charge >= 0.3 is 0 Å².